The second-order valence-corrected chi connectivity index (χ2v) is 3.85. The summed E-state index contributed by atoms with van der Waals surface area (Å²) in [4.78, 5) is 20.9. The van der Waals surface area contributed by atoms with E-state index in [2.05, 4.69) is 0 Å². The van der Waals surface area contributed by atoms with Gasteiger partial charge in [0.1, 0.15) is 24.8 Å². The molecule has 2 saturated heterocycles. The molecule has 2 aliphatic rings. The SMILES string of the molecule is O=CC1CCC(C2CCC(C=O)O2)O1. The first kappa shape index (κ1) is 9.80. The van der Waals surface area contributed by atoms with E-state index in [0.29, 0.717) is 0 Å². The van der Waals surface area contributed by atoms with Gasteiger partial charge in [0.15, 0.2) is 0 Å². The molecule has 0 spiro atoms. The smallest absolute Gasteiger partial charge is 0.148 e. The number of aldehydes is 2. The van der Waals surface area contributed by atoms with E-state index >= 15 is 0 Å². The van der Waals surface area contributed by atoms with Crippen molar-refractivity contribution in [1.82, 2.24) is 0 Å². The third kappa shape index (κ3) is 1.86. The lowest BCUT2D eigenvalue weighted by Crippen LogP contribution is -2.27. The van der Waals surface area contributed by atoms with E-state index in [1.807, 2.05) is 0 Å². The van der Waals surface area contributed by atoms with Crippen LogP contribution in [-0.2, 0) is 19.1 Å². The maximum absolute atomic E-state index is 10.5. The monoisotopic (exact) mass is 198 g/mol. The number of carbonyl (C=O) groups is 2. The van der Waals surface area contributed by atoms with Crippen molar-refractivity contribution in [2.75, 3.05) is 0 Å². The molecule has 0 N–H and O–H groups in total. The van der Waals surface area contributed by atoms with Gasteiger partial charge in [0.05, 0.1) is 12.2 Å². The Balaban J connectivity index is 1.85. The van der Waals surface area contributed by atoms with Crippen LogP contribution in [0.1, 0.15) is 25.7 Å². The zero-order chi connectivity index (χ0) is 9.97. The Labute approximate surface area is 82.6 Å². The van der Waals surface area contributed by atoms with Crippen molar-refractivity contribution in [1.29, 1.82) is 0 Å². The molecule has 2 heterocycles. The van der Waals surface area contributed by atoms with Crippen molar-refractivity contribution in [2.45, 2.75) is 50.1 Å². The predicted octanol–water partition coefficient (Wildman–Crippen LogP) is 0.479. The highest BCUT2D eigenvalue weighted by atomic mass is 16.6. The fourth-order valence-electron chi connectivity index (χ4n) is 2.13. The summed E-state index contributed by atoms with van der Waals surface area (Å²) in [6.07, 6.45) is 4.44. The molecule has 14 heavy (non-hydrogen) atoms. The molecule has 2 rings (SSSR count). The molecule has 0 amide bonds. The average molecular weight is 198 g/mol. The third-order valence-electron chi connectivity index (χ3n) is 2.89. The van der Waals surface area contributed by atoms with Crippen molar-refractivity contribution < 1.29 is 19.1 Å². The molecule has 0 aliphatic carbocycles. The highest BCUT2D eigenvalue weighted by Gasteiger charge is 2.36. The van der Waals surface area contributed by atoms with Gasteiger partial charge in [-0.15, -0.1) is 0 Å². The van der Waals surface area contributed by atoms with Crippen LogP contribution >= 0.6 is 0 Å². The van der Waals surface area contributed by atoms with Crippen LogP contribution < -0.4 is 0 Å². The fourth-order valence-corrected chi connectivity index (χ4v) is 2.13. The molecule has 4 nitrogen and oxygen atoms in total. The van der Waals surface area contributed by atoms with Crippen LogP contribution in [0.3, 0.4) is 0 Å². The minimum absolute atomic E-state index is 0.00940. The molecule has 4 heteroatoms. The minimum atomic E-state index is -0.265. The van der Waals surface area contributed by atoms with E-state index in [4.69, 9.17) is 9.47 Å². The summed E-state index contributed by atoms with van der Waals surface area (Å²) in [5.74, 6) is 0. The van der Waals surface area contributed by atoms with Gasteiger partial charge in [-0.3, -0.25) is 0 Å². The Bertz CT molecular complexity index is 204. The molecule has 0 aromatic rings. The van der Waals surface area contributed by atoms with Gasteiger partial charge in [-0.1, -0.05) is 0 Å². The number of hydrogen-bond donors (Lipinski definition) is 0. The van der Waals surface area contributed by atoms with E-state index in [0.717, 1.165) is 38.3 Å². The van der Waals surface area contributed by atoms with E-state index in [-0.39, 0.29) is 24.4 Å². The van der Waals surface area contributed by atoms with Crippen molar-refractivity contribution in [2.24, 2.45) is 0 Å². The topological polar surface area (TPSA) is 52.6 Å². The lowest BCUT2D eigenvalue weighted by molar-refractivity contribution is -0.127. The molecule has 78 valence electrons. The van der Waals surface area contributed by atoms with Crippen LogP contribution in [0.2, 0.25) is 0 Å². The van der Waals surface area contributed by atoms with E-state index in [9.17, 15) is 9.59 Å². The van der Waals surface area contributed by atoms with Gasteiger partial charge in [0, 0.05) is 0 Å². The first-order valence-corrected chi connectivity index (χ1v) is 5.05. The molecule has 2 fully saturated rings. The normalized spacial score (nSPS) is 42.6. The summed E-state index contributed by atoms with van der Waals surface area (Å²) in [7, 11) is 0. The summed E-state index contributed by atoms with van der Waals surface area (Å²) >= 11 is 0. The van der Waals surface area contributed by atoms with Gasteiger partial charge >= 0.3 is 0 Å². The van der Waals surface area contributed by atoms with Crippen molar-refractivity contribution in [3.8, 4) is 0 Å². The lowest BCUT2D eigenvalue weighted by atomic mass is 10.1. The molecule has 4 unspecified atom stereocenters. The van der Waals surface area contributed by atoms with E-state index < -0.39 is 0 Å². The molecule has 0 aromatic heterocycles. The maximum atomic E-state index is 10.5. The second kappa shape index (κ2) is 4.19. The molecular formula is C10H14O4. The Morgan fingerprint density at radius 2 is 1.21 bits per heavy atom. The summed E-state index contributed by atoms with van der Waals surface area (Å²) < 4.78 is 11.0. The zero-order valence-electron chi connectivity index (χ0n) is 7.93. The Kier molecular flexibility index (Phi) is 2.93. The van der Waals surface area contributed by atoms with Crippen molar-refractivity contribution in [3.63, 3.8) is 0 Å². The first-order valence-electron chi connectivity index (χ1n) is 5.05. The van der Waals surface area contributed by atoms with Crippen molar-refractivity contribution in [3.05, 3.63) is 0 Å². The molecular weight excluding hydrogens is 184 g/mol. The molecule has 0 bridgehead atoms. The molecule has 4 atom stereocenters. The van der Waals surface area contributed by atoms with Gasteiger partial charge in [-0.25, -0.2) is 0 Å². The Morgan fingerprint density at radius 1 is 0.786 bits per heavy atom. The van der Waals surface area contributed by atoms with E-state index in [1.54, 1.807) is 0 Å². The van der Waals surface area contributed by atoms with Crippen LogP contribution in [0.15, 0.2) is 0 Å². The summed E-state index contributed by atoms with van der Waals surface area (Å²) in [5.41, 5.74) is 0. The second-order valence-electron chi connectivity index (χ2n) is 3.85. The fraction of sp³-hybridized carbons (Fsp3) is 0.800. The minimum Gasteiger partial charge on any atom is -0.365 e. The number of hydrogen-bond acceptors (Lipinski definition) is 4. The van der Waals surface area contributed by atoms with Crippen LogP contribution in [0, 0.1) is 0 Å². The van der Waals surface area contributed by atoms with Gasteiger partial charge in [-0.2, -0.15) is 0 Å². The third-order valence-corrected chi connectivity index (χ3v) is 2.89. The van der Waals surface area contributed by atoms with Crippen molar-refractivity contribution >= 4 is 12.6 Å². The quantitative estimate of drug-likeness (QED) is 0.619. The first-order chi connectivity index (χ1) is 6.83. The maximum Gasteiger partial charge on any atom is 0.148 e. The average Bonchev–Trinajstić information content (AvgIpc) is 2.86. The van der Waals surface area contributed by atoms with Gasteiger partial charge in [0.2, 0.25) is 0 Å². The number of carbonyl (C=O) groups excluding carboxylic acids is 2. The van der Waals surface area contributed by atoms with Gasteiger partial charge in [0.25, 0.3) is 0 Å². The predicted molar refractivity (Wildman–Crippen MR) is 47.9 cm³/mol. The van der Waals surface area contributed by atoms with Crippen LogP contribution in [0.4, 0.5) is 0 Å². The summed E-state index contributed by atoms with van der Waals surface area (Å²) in [5, 5.41) is 0. The largest absolute Gasteiger partial charge is 0.365 e. The molecule has 0 saturated carbocycles. The standard InChI is InChI=1S/C10H14O4/c11-5-7-1-3-9(13-7)10-4-2-8(6-12)14-10/h5-10H,1-4H2. The Morgan fingerprint density at radius 3 is 1.50 bits per heavy atom. The lowest BCUT2D eigenvalue weighted by Gasteiger charge is -2.17. The van der Waals surface area contributed by atoms with Crippen LogP contribution in [0.25, 0.3) is 0 Å². The highest BCUT2D eigenvalue weighted by molar-refractivity contribution is 5.57. The summed E-state index contributed by atoms with van der Waals surface area (Å²) in [6.45, 7) is 0. The van der Waals surface area contributed by atoms with Crippen LogP contribution in [-0.4, -0.2) is 37.0 Å². The highest BCUT2D eigenvalue weighted by Crippen LogP contribution is 2.30. The molecule has 0 aromatic carbocycles. The van der Waals surface area contributed by atoms with Gasteiger partial charge in [-0.05, 0) is 25.7 Å². The number of ether oxygens (including phenoxy) is 2. The molecule has 2 aliphatic heterocycles. The molecule has 0 radical (unpaired) electrons. The number of rotatable bonds is 3. The Hall–Kier alpha value is -0.740. The van der Waals surface area contributed by atoms with E-state index in [1.165, 1.54) is 0 Å². The zero-order valence-corrected chi connectivity index (χ0v) is 7.93. The van der Waals surface area contributed by atoms with Crippen LogP contribution in [0.5, 0.6) is 0 Å². The summed E-state index contributed by atoms with van der Waals surface area (Å²) in [6, 6.07) is 0. The van der Waals surface area contributed by atoms with Gasteiger partial charge < -0.3 is 19.1 Å².